The molecule has 0 saturated heterocycles. The van der Waals surface area contributed by atoms with E-state index in [0.717, 1.165) is 5.56 Å². The van der Waals surface area contributed by atoms with E-state index in [-0.39, 0.29) is 18.9 Å². The van der Waals surface area contributed by atoms with Crippen LogP contribution in [0, 0.1) is 6.92 Å². The summed E-state index contributed by atoms with van der Waals surface area (Å²) in [5.41, 5.74) is 12.5. The fourth-order valence-corrected chi connectivity index (χ4v) is 1.28. The molecule has 0 fully saturated rings. The molecule has 0 aliphatic heterocycles. The SMILES string of the molecule is Cc1ccc(C(=O)NCCC(N)=O)c(N)c1. The summed E-state index contributed by atoms with van der Waals surface area (Å²) < 4.78 is 0. The molecular weight excluding hydrogens is 206 g/mol. The van der Waals surface area contributed by atoms with Crippen LogP contribution in [0.2, 0.25) is 0 Å². The van der Waals surface area contributed by atoms with Crippen LogP contribution < -0.4 is 16.8 Å². The Bertz CT molecular complexity index is 416. The van der Waals surface area contributed by atoms with E-state index in [4.69, 9.17) is 11.5 Å². The summed E-state index contributed by atoms with van der Waals surface area (Å²) in [5, 5.41) is 2.57. The molecule has 0 unspecified atom stereocenters. The van der Waals surface area contributed by atoms with E-state index < -0.39 is 5.91 Å². The topological polar surface area (TPSA) is 98.2 Å². The Morgan fingerprint density at radius 1 is 1.38 bits per heavy atom. The number of nitrogen functional groups attached to an aromatic ring is 1. The molecule has 5 nitrogen and oxygen atoms in total. The lowest BCUT2D eigenvalue weighted by Crippen LogP contribution is -2.28. The fraction of sp³-hybridized carbons (Fsp3) is 0.273. The Morgan fingerprint density at radius 2 is 2.06 bits per heavy atom. The van der Waals surface area contributed by atoms with Crippen molar-refractivity contribution in [3.05, 3.63) is 29.3 Å². The van der Waals surface area contributed by atoms with Crippen LogP contribution in [0.15, 0.2) is 18.2 Å². The fourth-order valence-electron chi connectivity index (χ4n) is 1.28. The van der Waals surface area contributed by atoms with Crippen molar-refractivity contribution in [2.45, 2.75) is 13.3 Å². The molecular formula is C11H15N3O2. The maximum Gasteiger partial charge on any atom is 0.253 e. The number of rotatable bonds is 4. The van der Waals surface area contributed by atoms with Crippen molar-refractivity contribution < 1.29 is 9.59 Å². The summed E-state index contributed by atoms with van der Waals surface area (Å²) in [7, 11) is 0. The molecule has 0 aliphatic carbocycles. The van der Waals surface area contributed by atoms with Gasteiger partial charge in [-0.25, -0.2) is 0 Å². The van der Waals surface area contributed by atoms with Crippen LogP contribution >= 0.6 is 0 Å². The average molecular weight is 221 g/mol. The molecule has 0 saturated carbocycles. The van der Waals surface area contributed by atoms with Gasteiger partial charge < -0.3 is 16.8 Å². The van der Waals surface area contributed by atoms with Gasteiger partial charge in [0.1, 0.15) is 0 Å². The van der Waals surface area contributed by atoms with Gasteiger partial charge in [0.25, 0.3) is 5.91 Å². The molecule has 0 radical (unpaired) electrons. The molecule has 0 bridgehead atoms. The highest BCUT2D eigenvalue weighted by molar-refractivity contribution is 5.99. The van der Waals surface area contributed by atoms with Gasteiger partial charge in [0.2, 0.25) is 5.91 Å². The first-order valence-electron chi connectivity index (χ1n) is 4.93. The molecule has 1 rings (SSSR count). The Labute approximate surface area is 93.8 Å². The van der Waals surface area contributed by atoms with Crippen LogP contribution in [0.1, 0.15) is 22.3 Å². The van der Waals surface area contributed by atoms with E-state index in [2.05, 4.69) is 5.32 Å². The van der Waals surface area contributed by atoms with Crippen molar-refractivity contribution >= 4 is 17.5 Å². The lowest BCUT2D eigenvalue weighted by molar-refractivity contribution is -0.117. The second-order valence-corrected chi connectivity index (χ2v) is 3.56. The van der Waals surface area contributed by atoms with Gasteiger partial charge >= 0.3 is 0 Å². The molecule has 0 heterocycles. The number of benzene rings is 1. The number of hydrogen-bond acceptors (Lipinski definition) is 3. The van der Waals surface area contributed by atoms with E-state index in [1.807, 2.05) is 6.92 Å². The highest BCUT2D eigenvalue weighted by atomic mass is 16.2. The molecule has 2 amide bonds. The zero-order valence-corrected chi connectivity index (χ0v) is 9.12. The molecule has 0 spiro atoms. The lowest BCUT2D eigenvalue weighted by Gasteiger charge is -2.07. The van der Waals surface area contributed by atoms with Crippen molar-refractivity contribution in [2.75, 3.05) is 12.3 Å². The number of aryl methyl sites for hydroxylation is 1. The van der Waals surface area contributed by atoms with Gasteiger partial charge in [-0.1, -0.05) is 6.07 Å². The average Bonchev–Trinajstić information content (AvgIpc) is 2.16. The number of primary amides is 1. The largest absolute Gasteiger partial charge is 0.398 e. The number of amides is 2. The Hall–Kier alpha value is -2.04. The minimum atomic E-state index is -0.447. The number of nitrogens with two attached hydrogens (primary N) is 2. The minimum Gasteiger partial charge on any atom is -0.398 e. The smallest absolute Gasteiger partial charge is 0.253 e. The molecule has 5 heteroatoms. The second-order valence-electron chi connectivity index (χ2n) is 3.56. The predicted octanol–water partition coefficient (Wildman–Crippen LogP) is 0.182. The van der Waals surface area contributed by atoms with Crippen molar-refractivity contribution in [2.24, 2.45) is 5.73 Å². The zero-order valence-electron chi connectivity index (χ0n) is 9.12. The number of carbonyl (C=O) groups excluding carboxylic acids is 2. The first-order valence-corrected chi connectivity index (χ1v) is 4.93. The molecule has 1 aromatic rings. The van der Waals surface area contributed by atoms with E-state index in [9.17, 15) is 9.59 Å². The summed E-state index contributed by atoms with van der Waals surface area (Å²) >= 11 is 0. The Morgan fingerprint density at radius 3 is 2.62 bits per heavy atom. The van der Waals surface area contributed by atoms with Gasteiger partial charge in [-0.15, -0.1) is 0 Å². The van der Waals surface area contributed by atoms with Gasteiger partial charge in [-0.2, -0.15) is 0 Å². The van der Waals surface area contributed by atoms with Crippen molar-refractivity contribution in [1.29, 1.82) is 0 Å². The predicted molar refractivity (Wildman–Crippen MR) is 61.7 cm³/mol. The van der Waals surface area contributed by atoms with Gasteiger partial charge in [-0.05, 0) is 24.6 Å². The minimum absolute atomic E-state index is 0.123. The Balaban J connectivity index is 2.63. The normalized spacial score (nSPS) is 9.81. The zero-order chi connectivity index (χ0) is 12.1. The molecule has 1 aromatic carbocycles. The van der Waals surface area contributed by atoms with Gasteiger partial charge in [0, 0.05) is 18.7 Å². The van der Waals surface area contributed by atoms with Gasteiger partial charge in [-0.3, -0.25) is 9.59 Å². The number of anilines is 1. The van der Waals surface area contributed by atoms with Crippen LogP contribution in [0.4, 0.5) is 5.69 Å². The molecule has 0 aromatic heterocycles. The van der Waals surface area contributed by atoms with Crippen LogP contribution in [0.3, 0.4) is 0 Å². The first-order chi connectivity index (χ1) is 7.50. The van der Waals surface area contributed by atoms with Crippen molar-refractivity contribution in [1.82, 2.24) is 5.32 Å². The van der Waals surface area contributed by atoms with E-state index in [1.165, 1.54) is 0 Å². The number of hydrogen-bond donors (Lipinski definition) is 3. The van der Waals surface area contributed by atoms with Crippen LogP contribution in [-0.2, 0) is 4.79 Å². The highest BCUT2D eigenvalue weighted by Crippen LogP contribution is 2.13. The van der Waals surface area contributed by atoms with Crippen LogP contribution in [-0.4, -0.2) is 18.4 Å². The number of carbonyl (C=O) groups is 2. The van der Waals surface area contributed by atoms with E-state index in [1.54, 1.807) is 18.2 Å². The molecule has 0 aliphatic rings. The second kappa shape index (κ2) is 5.16. The standard InChI is InChI=1S/C11H15N3O2/c1-7-2-3-8(9(12)6-7)11(16)14-5-4-10(13)15/h2-3,6H,4-5,12H2,1H3,(H2,13,15)(H,14,16). The third kappa shape index (κ3) is 3.27. The Kier molecular flexibility index (Phi) is 3.88. The maximum atomic E-state index is 11.6. The van der Waals surface area contributed by atoms with Gasteiger partial charge in [0.15, 0.2) is 0 Å². The third-order valence-electron chi connectivity index (χ3n) is 2.11. The highest BCUT2D eigenvalue weighted by Gasteiger charge is 2.08. The van der Waals surface area contributed by atoms with E-state index in [0.29, 0.717) is 11.3 Å². The quantitative estimate of drug-likeness (QED) is 0.632. The van der Waals surface area contributed by atoms with Crippen molar-refractivity contribution in [3.63, 3.8) is 0 Å². The summed E-state index contributed by atoms with van der Waals surface area (Å²) in [5.74, 6) is -0.740. The molecule has 16 heavy (non-hydrogen) atoms. The first kappa shape index (κ1) is 12.0. The van der Waals surface area contributed by atoms with Crippen molar-refractivity contribution in [3.8, 4) is 0 Å². The number of nitrogens with one attached hydrogen (secondary N) is 1. The molecule has 5 N–H and O–H groups in total. The lowest BCUT2D eigenvalue weighted by atomic mass is 10.1. The van der Waals surface area contributed by atoms with E-state index >= 15 is 0 Å². The summed E-state index contributed by atoms with van der Waals surface area (Å²) in [6, 6.07) is 5.19. The molecule has 86 valence electrons. The summed E-state index contributed by atoms with van der Waals surface area (Å²) in [6.07, 6.45) is 0.123. The summed E-state index contributed by atoms with van der Waals surface area (Å²) in [4.78, 5) is 22.1. The summed E-state index contributed by atoms with van der Waals surface area (Å²) in [6.45, 7) is 2.12. The van der Waals surface area contributed by atoms with Gasteiger partial charge in [0.05, 0.1) is 5.56 Å². The third-order valence-corrected chi connectivity index (χ3v) is 2.11. The van der Waals surface area contributed by atoms with Crippen LogP contribution in [0.5, 0.6) is 0 Å². The monoisotopic (exact) mass is 221 g/mol. The molecule has 0 atom stereocenters. The van der Waals surface area contributed by atoms with Crippen LogP contribution in [0.25, 0.3) is 0 Å². The maximum absolute atomic E-state index is 11.6.